The average molecular weight is 560 g/mol. The molecule has 2 aliphatic heterocycles. The Morgan fingerprint density at radius 2 is 1.70 bits per heavy atom. The number of rotatable bonds is 9. The molecule has 0 radical (unpaired) electrons. The molecule has 1 atom stereocenters. The van der Waals surface area contributed by atoms with E-state index < -0.39 is 0 Å². The molecule has 7 nitrogen and oxygen atoms in total. The standard InChI is InChI=1S/C32H38ClN5O2/c1-21(2)17-30(26-5-3-4-6-28(26)33)36-32(39)23-9-12-29(34)27(18-23)31(35)22-7-10-24(11-8-22)37-13-15-38(16-14-37)25-19-40-20-25/h3-12,18,21,25,30,35H,13-17,19-20,34H2,1-2H3,(H,36,39). The highest BCUT2D eigenvalue weighted by Gasteiger charge is 2.29. The van der Waals surface area contributed by atoms with Crippen molar-refractivity contribution in [2.24, 2.45) is 5.92 Å². The Balaban J connectivity index is 1.28. The zero-order valence-electron chi connectivity index (χ0n) is 23.2. The molecular formula is C32H38ClN5O2. The van der Waals surface area contributed by atoms with Gasteiger partial charge in [-0.1, -0.05) is 55.8 Å². The van der Waals surface area contributed by atoms with E-state index in [0.717, 1.165) is 62.6 Å². The molecule has 4 N–H and O–H groups in total. The average Bonchev–Trinajstić information content (AvgIpc) is 2.92. The Labute approximate surface area is 241 Å². The van der Waals surface area contributed by atoms with Gasteiger partial charge in [0.05, 0.1) is 31.0 Å². The number of hydrogen-bond donors (Lipinski definition) is 3. The Morgan fingerprint density at radius 3 is 2.33 bits per heavy atom. The van der Waals surface area contributed by atoms with Crippen molar-refractivity contribution in [1.82, 2.24) is 10.2 Å². The van der Waals surface area contributed by atoms with Gasteiger partial charge in [0.2, 0.25) is 0 Å². The molecule has 1 unspecified atom stereocenters. The monoisotopic (exact) mass is 559 g/mol. The lowest BCUT2D eigenvalue weighted by Crippen LogP contribution is -2.56. The summed E-state index contributed by atoms with van der Waals surface area (Å²) < 4.78 is 5.34. The van der Waals surface area contributed by atoms with Gasteiger partial charge in [-0.15, -0.1) is 0 Å². The number of amides is 1. The molecule has 2 saturated heterocycles. The number of piperazine rings is 1. The fourth-order valence-corrected chi connectivity index (χ4v) is 5.69. The SMILES string of the molecule is CC(C)CC(NC(=O)c1ccc(N)c(C(=N)c2ccc(N3CCN(C4COC4)CC3)cc2)c1)c1ccccc1Cl. The van der Waals surface area contributed by atoms with Crippen LogP contribution in [0.25, 0.3) is 0 Å². The van der Waals surface area contributed by atoms with Crippen LogP contribution < -0.4 is 16.0 Å². The predicted octanol–water partition coefficient (Wildman–Crippen LogP) is 5.38. The molecule has 0 aromatic heterocycles. The van der Waals surface area contributed by atoms with Crippen LogP contribution in [-0.2, 0) is 4.74 Å². The first-order valence-electron chi connectivity index (χ1n) is 14.0. The van der Waals surface area contributed by atoms with Crippen LogP contribution in [0.3, 0.4) is 0 Å². The van der Waals surface area contributed by atoms with E-state index in [0.29, 0.717) is 39.5 Å². The highest BCUT2D eigenvalue weighted by molar-refractivity contribution is 6.31. The van der Waals surface area contributed by atoms with E-state index >= 15 is 0 Å². The second-order valence-corrected chi connectivity index (χ2v) is 11.5. The van der Waals surface area contributed by atoms with E-state index in [-0.39, 0.29) is 11.9 Å². The lowest BCUT2D eigenvalue weighted by atomic mass is 9.95. The first kappa shape index (κ1) is 28.1. The Kier molecular flexibility index (Phi) is 8.74. The van der Waals surface area contributed by atoms with E-state index in [2.05, 4.69) is 41.1 Å². The molecule has 0 spiro atoms. The molecule has 2 aliphatic rings. The van der Waals surface area contributed by atoms with E-state index in [1.54, 1.807) is 18.2 Å². The van der Waals surface area contributed by atoms with Crippen LogP contribution in [0.5, 0.6) is 0 Å². The molecule has 2 fully saturated rings. The highest BCUT2D eigenvalue weighted by atomic mass is 35.5. The number of nitrogens with one attached hydrogen (secondary N) is 2. The number of benzene rings is 3. The van der Waals surface area contributed by atoms with Crippen molar-refractivity contribution in [2.45, 2.75) is 32.4 Å². The summed E-state index contributed by atoms with van der Waals surface area (Å²) in [7, 11) is 0. The number of hydrogen-bond acceptors (Lipinski definition) is 6. The van der Waals surface area contributed by atoms with Crippen LogP contribution in [0.1, 0.15) is 53.4 Å². The normalized spacial score (nSPS) is 16.9. The van der Waals surface area contributed by atoms with Crippen molar-refractivity contribution in [1.29, 1.82) is 5.41 Å². The van der Waals surface area contributed by atoms with Crippen LogP contribution in [0.4, 0.5) is 11.4 Å². The summed E-state index contributed by atoms with van der Waals surface area (Å²) in [6.45, 7) is 9.96. The zero-order valence-corrected chi connectivity index (χ0v) is 24.0. The van der Waals surface area contributed by atoms with E-state index in [1.807, 2.05) is 36.4 Å². The van der Waals surface area contributed by atoms with Gasteiger partial charge in [0.15, 0.2) is 0 Å². The Morgan fingerprint density at radius 1 is 1.02 bits per heavy atom. The van der Waals surface area contributed by atoms with Crippen molar-refractivity contribution in [3.63, 3.8) is 0 Å². The predicted molar refractivity (Wildman–Crippen MR) is 163 cm³/mol. The maximum absolute atomic E-state index is 13.4. The zero-order chi connectivity index (χ0) is 28.2. The summed E-state index contributed by atoms with van der Waals surface area (Å²) in [5.41, 5.74) is 10.8. The number of carbonyl (C=O) groups is 1. The van der Waals surface area contributed by atoms with Crippen LogP contribution in [0.2, 0.25) is 5.02 Å². The van der Waals surface area contributed by atoms with Gasteiger partial charge >= 0.3 is 0 Å². The molecule has 3 aromatic rings. The molecule has 210 valence electrons. The van der Waals surface area contributed by atoms with E-state index in [9.17, 15) is 4.79 Å². The maximum atomic E-state index is 13.4. The first-order valence-corrected chi connectivity index (χ1v) is 14.4. The quantitative estimate of drug-likeness (QED) is 0.242. The smallest absolute Gasteiger partial charge is 0.251 e. The van der Waals surface area contributed by atoms with Crippen molar-refractivity contribution >= 4 is 34.6 Å². The van der Waals surface area contributed by atoms with Gasteiger partial charge in [0.1, 0.15) is 0 Å². The molecule has 0 bridgehead atoms. The summed E-state index contributed by atoms with van der Waals surface area (Å²) in [6.07, 6.45) is 0.753. The Bertz CT molecular complexity index is 1350. The number of halogens is 1. The van der Waals surface area contributed by atoms with Gasteiger partial charge in [0, 0.05) is 59.3 Å². The summed E-state index contributed by atoms with van der Waals surface area (Å²) in [4.78, 5) is 18.3. The van der Waals surface area contributed by atoms with Gasteiger partial charge in [-0.05, 0) is 54.3 Å². The van der Waals surface area contributed by atoms with Crippen LogP contribution in [-0.4, -0.2) is 62.0 Å². The third-order valence-corrected chi connectivity index (χ3v) is 8.19. The largest absolute Gasteiger partial charge is 0.398 e. The van der Waals surface area contributed by atoms with Gasteiger partial charge < -0.3 is 20.7 Å². The molecule has 0 aliphatic carbocycles. The number of nitrogen functional groups attached to an aromatic ring is 1. The summed E-state index contributed by atoms with van der Waals surface area (Å²) in [5.74, 6) is 0.142. The minimum atomic E-state index is -0.224. The van der Waals surface area contributed by atoms with Crippen LogP contribution in [0.15, 0.2) is 66.7 Å². The first-order chi connectivity index (χ1) is 19.3. The van der Waals surface area contributed by atoms with E-state index in [1.165, 1.54) is 0 Å². The molecule has 5 rings (SSSR count). The van der Waals surface area contributed by atoms with Crippen molar-refractivity contribution < 1.29 is 9.53 Å². The van der Waals surface area contributed by atoms with Gasteiger partial charge in [-0.3, -0.25) is 15.1 Å². The fraction of sp³-hybridized carbons (Fsp3) is 0.375. The molecule has 2 heterocycles. The fourth-order valence-electron chi connectivity index (χ4n) is 5.42. The van der Waals surface area contributed by atoms with Crippen LogP contribution >= 0.6 is 11.6 Å². The molecular weight excluding hydrogens is 522 g/mol. The molecule has 8 heteroatoms. The van der Waals surface area contributed by atoms with Gasteiger partial charge in [0.25, 0.3) is 5.91 Å². The molecule has 0 saturated carbocycles. The summed E-state index contributed by atoms with van der Waals surface area (Å²) in [5, 5.41) is 12.7. The van der Waals surface area contributed by atoms with Crippen LogP contribution in [0, 0.1) is 11.3 Å². The summed E-state index contributed by atoms with van der Waals surface area (Å²) in [6, 6.07) is 21.1. The number of nitrogens with zero attached hydrogens (tertiary/aromatic N) is 2. The number of anilines is 2. The second kappa shape index (κ2) is 12.4. The third-order valence-electron chi connectivity index (χ3n) is 7.85. The number of carbonyl (C=O) groups excluding carboxylic acids is 1. The Hall–Kier alpha value is -3.39. The maximum Gasteiger partial charge on any atom is 0.251 e. The third kappa shape index (κ3) is 6.33. The number of ether oxygens (including phenoxy) is 1. The van der Waals surface area contributed by atoms with Crippen molar-refractivity contribution in [2.75, 3.05) is 50.0 Å². The molecule has 1 amide bonds. The number of nitrogens with two attached hydrogens (primary N) is 1. The molecule has 40 heavy (non-hydrogen) atoms. The highest BCUT2D eigenvalue weighted by Crippen LogP contribution is 2.29. The minimum absolute atomic E-state index is 0.220. The lowest BCUT2D eigenvalue weighted by molar-refractivity contribution is -0.0660. The second-order valence-electron chi connectivity index (χ2n) is 11.1. The van der Waals surface area contributed by atoms with Crippen molar-refractivity contribution in [3.8, 4) is 0 Å². The van der Waals surface area contributed by atoms with Gasteiger partial charge in [-0.25, -0.2) is 0 Å². The van der Waals surface area contributed by atoms with E-state index in [4.69, 9.17) is 27.5 Å². The lowest BCUT2D eigenvalue weighted by Gasteiger charge is -2.43. The van der Waals surface area contributed by atoms with Crippen molar-refractivity contribution in [3.05, 3.63) is 94.0 Å². The van der Waals surface area contributed by atoms with Gasteiger partial charge in [-0.2, -0.15) is 0 Å². The molecule has 3 aromatic carbocycles. The summed E-state index contributed by atoms with van der Waals surface area (Å²) >= 11 is 6.47. The topological polar surface area (TPSA) is 94.7 Å². The minimum Gasteiger partial charge on any atom is -0.398 e.